The molecule has 0 spiro atoms. The summed E-state index contributed by atoms with van der Waals surface area (Å²) in [7, 11) is 0. The number of rotatable bonds is 5. The van der Waals surface area contributed by atoms with Crippen LogP contribution in [0.4, 0.5) is 15.8 Å². The predicted molar refractivity (Wildman–Crippen MR) is 80.7 cm³/mol. The average molecular weight is 288 g/mol. The van der Waals surface area contributed by atoms with Crippen molar-refractivity contribution in [3.63, 3.8) is 0 Å². The number of nitrogens with one attached hydrogen (secondary N) is 1. The number of nitrogens with two attached hydrogens (primary N) is 1. The van der Waals surface area contributed by atoms with E-state index in [4.69, 9.17) is 10.5 Å². The van der Waals surface area contributed by atoms with Gasteiger partial charge in [-0.25, -0.2) is 4.39 Å². The molecule has 0 radical (unpaired) electrons. The molecule has 2 aromatic rings. The fraction of sp³-hybridized carbons (Fsp3) is 0.188. The molecule has 3 N–H and O–H groups in total. The second-order valence-electron chi connectivity index (χ2n) is 4.73. The van der Waals surface area contributed by atoms with E-state index in [2.05, 4.69) is 5.32 Å². The lowest BCUT2D eigenvalue weighted by molar-refractivity contribution is -0.116. The minimum absolute atomic E-state index is 0.180. The van der Waals surface area contributed by atoms with Crippen LogP contribution in [0.15, 0.2) is 42.5 Å². The van der Waals surface area contributed by atoms with E-state index in [1.165, 1.54) is 12.1 Å². The molecule has 110 valence electrons. The summed E-state index contributed by atoms with van der Waals surface area (Å²) < 4.78 is 18.6. The third kappa shape index (κ3) is 4.80. The predicted octanol–water partition coefficient (Wildman–Crippen LogP) is 3.12. The number of aryl methyl sites for hydroxylation is 1. The zero-order valence-corrected chi connectivity index (χ0v) is 11.7. The highest BCUT2D eigenvalue weighted by molar-refractivity contribution is 5.90. The largest absolute Gasteiger partial charge is 0.493 e. The summed E-state index contributed by atoms with van der Waals surface area (Å²) >= 11 is 0. The van der Waals surface area contributed by atoms with Gasteiger partial charge in [0.15, 0.2) is 0 Å². The van der Waals surface area contributed by atoms with E-state index in [1.54, 1.807) is 37.3 Å². The number of amides is 1. The number of ether oxygens (including phenoxy) is 1. The third-order valence-electron chi connectivity index (χ3n) is 2.80. The van der Waals surface area contributed by atoms with Gasteiger partial charge in [0.05, 0.1) is 13.0 Å². The second-order valence-corrected chi connectivity index (χ2v) is 4.73. The van der Waals surface area contributed by atoms with Gasteiger partial charge in [0.2, 0.25) is 5.91 Å². The first-order valence-electron chi connectivity index (χ1n) is 6.58. The van der Waals surface area contributed by atoms with Gasteiger partial charge < -0.3 is 15.8 Å². The number of anilines is 2. The summed E-state index contributed by atoms with van der Waals surface area (Å²) in [5.74, 6) is 0.0532. The number of halogens is 1. The van der Waals surface area contributed by atoms with Crippen LogP contribution in [0.1, 0.15) is 12.0 Å². The Morgan fingerprint density at radius 3 is 2.62 bits per heavy atom. The maximum Gasteiger partial charge on any atom is 0.227 e. The van der Waals surface area contributed by atoms with Crippen LogP contribution in [-0.2, 0) is 4.79 Å². The first-order valence-corrected chi connectivity index (χ1v) is 6.58. The van der Waals surface area contributed by atoms with Crippen molar-refractivity contribution in [1.82, 2.24) is 0 Å². The monoisotopic (exact) mass is 288 g/mol. The number of nitrogen functional groups attached to an aromatic ring is 1. The summed E-state index contributed by atoms with van der Waals surface area (Å²) in [4.78, 5) is 11.7. The highest BCUT2D eigenvalue weighted by Gasteiger charge is 2.05. The Kier molecular flexibility index (Phi) is 4.77. The lowest BCUT2D eigenvalue weighted by Crippen LogP contribution is -2.15. The van der Waals surface area contributed by atoms with E-state index in [0.29, 0.717) is 17.1 Å². The molecule has 0 unspecified atom stereocenters. The fourth-order valence-corrected chi connectivity index (χ4v) is 1.86. The molecule has 5 heteroatoms. The molecule has 0 atom stereocenters. The molecule has 2 aromatic carbocycles. The Hall–Kier alpha value is -2.56. The quantitative estimate of drug-likeness (QED) is 0.831. The Morgan fingerprint density at radius 1 is 1.24 bits per heavy atom. The number of carbonyl (C=O) groups is 1. The van der Waals surface area contributed by atoms with Crippen molar-refractivity contribution in [2.75, 3.05) is 17.7 Å². The van der Waals surface area contributed by atoms with Gasteiger partial charge in [-0.15, -0.1) is 0 Å². The molecule has 21 heavy (non-hydrogen) atoms. The van der Waals surface area contributed by atoms with Crippen LogP contribution in [0.2, 0.25) is 0 Å². The van der Waals surface area contributed by atoms with Crippen molar-refractivity contribution in [1.29, 1.82) is 0 Å². The number of carbonyl (C=O) groups excluding carboxylic acids is 1. The normalized spacial score (nSPS) is 10.2. The van der Waals surface area contributed by atoms with Crippen LogP contribution in [0.25, 0.3) is 0 Å². The molecular weight excluding hydrogens is 271 g/mol. The van der Waals surface area contributed by atoms with Crippen LogP contribution < -0.4 is 15.8 Å². The molecule has 2 rings (SSSR count). The van der Waals surface area contributed by atoms with E-state index in [9.17, 15) is 9.18 Å². The third-order valence-corrected chi connectivity index (χ3v) is 2.80. The van der Waals surface area contributed by atoms with E-state index in [0.717, 1.165) is 5.56 Å². The first-order chi connectivity index (χ1) is 10.0. The first kappa shape index (κ1) is 14.8. The fourth-order valence-electron chi connectivity index (χ4n) is 1.86. The van der Waals surface area contributed by atoms with Gasteiger partial charge in [-0.05, 0) is 55.0 Å². The van der Waals surface area contributed by atoms with Gasteiger partial charge in [-0.2, -0.15) is 0 Å². The maximum absolute atomic E-state index is 13.2. The smallest absolute Gasteiger partial charge is 0.227 e. The van der Waals surface area contributed by atoms with E-state index >= 15 is 0 Å². The van der Waals surface area contributed by atoms with E-state index in [1.807, 2.05) is 0 Å². The molecule has 0 aromatic heterocycles. The Balaban J connectivity index is 1.80. The second kappa shape index (κ2) is 6.74. The van der Waals surface area contributed by atoms with Gasteiger partial charge >= 0.3 is 0 Å². The van der Waals surface area contributed by atoms with Crippen molar-refractivity contribution in [3.8, 4) is 5.75 Å². The van der Waals surface area contributed by atoms with Crippen LogP contribution >= 0.6 is 0 Å². The molecule has 0 aliphatic rings. The van der Waals surface area contributed by atoms with Crippen molar-refractivity contribution in [3.05, 3.63) is 53.8 Å². The summed E-state index contributed by atoms with van der Waals surface area (Å²) in [6, 6.07) is 11.3. The lowest BCUT2D eigenvalue weighted by atomic mass is 10.2. The summed E-state index contributed by atoms with van der Waals surface area (Å²) in [5.41, 5.74) is 7.42. The van der Waals surface area contributed by atoms with Crippen molar-refractivity contribution < 1.29 is 13.9 Å². The van der Waals surface area contributed by atoms with Crippen molar-refractivity contribution >= 4 is 17.3 Å². The molecule has 4 nitrogen and oxygen atoms in total. The molecule has 0 bridgehead atoms. The van der Waals surface area contributed by atoms with Crippen LogP contribution in [0.3, 0.4) is 0 Å². The summed E-state index contributed by atoms with van der Waals surface area (Å²) in [5, 5.41) is 2.64. The Bertz CT molecular complexity index is 606. The molecule has 0 aliphatic heterocycles. The highest BCUT2D eigenvalue weighted by Crippen LogP contribution is 2.15. The molecule has 1 amide bonds. The zero-order chi connectivity index (χ0) is 15.2. The number of benzene rings is 2. The van der Waals surface area contributed by atoms with Gasteiger partial charge in [0, 0.05) is 11.4 Å². The van der Waals surface area contributed by atoms with Crippen molar-refractivity contribution in [2.24, 2.45) is 0 Å². The van der Waals surface area contributed by atoms with Gasteiger partial charge in [-0.1, -0.05) is 0 Å². The van der Waals surface area contributed by atoms with E-state index < -0.39 is 0 Å². The van der Waals surface area contributed by atoms with Gasteiger partial charge in [0.1, 0.15) is 11.6 Å². The maximum atomic E-state index is 13.2. The molecule has 0 saturated carbocycles. The zero-order valence-electron chi connectivity index (χ0n) is 11.7. The summed E-state index contributed by atoms with van der Waals surface area (Å²) in [6.07, 6.45) is 0.180. The van der Waals surface area contributed by atoms with E-state index in [-0.39, 0.29) is 24.8 Å². The number of hydrogen-bond acceptors (Lipinski definition) is 3. The Morgan fingerprint density at radius 2 is 1.95 bits per heavy atom. The Labute approximate surface area is 122 Å². The standard InChI is InChI=1S/C16H17FN2O2/c1-11-8-12(17)10-14(9-11)19-16(20)6-7-21-15-4-2-13(18)3-5-15/h2-5,8-10H,6-7,18H2,1H3,(H,19,20). The van der Waals surface area contributed by atoms with Crippen LogP contribution in [0.5, 0.6) is 5.75 Å². The minimum Gasteiger partial charge on any atom is -0.493 e. The molecule has 0 heterocycles. The molecule has 0 saturated heterocycles. The van der Waals surface area contributed by atoms with Gasteiger partial charge in [-0.3, -0.25) is 4.79 Å². The van der Waals surface area contributed by atoms with Crippen LogP contribution in [-0.4, -0.2) is 12.5 Å². The average Bonchev–Trinajstić information content (AvgIpc) is 2.39. The molecule has 0 aliphatic carbocycles. The lowest BCUT2D eigenvalue weighted by Gasteiger charge is -2.08. The molecular formula is C16H17FN2O2. The van der Waals surface area contributed by atoms with Gasteiger partial charge in [0.25, 0.3) is 0 Å². The molecule has 0 fully saturated rings. The highest BCUT2D eigenvalue weighted by atomic mass is 19.1. The SMILES string of the molecule is Cc1cc(F)cc(NC(=O)CCOc2ccc(N)cc2)c1. The summed E-state index contributed by atoms with van der Waals surface area (Å²) in [6.45, 7) is 2.01. The van der Waals surface area contributed by atoms with Crippen LogP contribution in [0, 0.1) is 12.7 Å². The number of hydrogen-bond donors (Lipinski definition) is 2. The minimum atomic E-state index is -0.372. The topological polar surface area (TPSA) is 64.3 Å². The van der Waals surface area contributed by atoms with Crippen molar-refractivity contribution in [2.45, 2.75) is 13.3 Å².